The molecule has 2 rings (SSSR count). The van der Waals surface area contributed by atoms with Crippen LogP contribution in [0.15, 0.2) is 23.6 Å². The lowest BCUT2D eigenvalue weighted by molar-refractivity contribution is 0.0950. The predicted octanol–water partition coefficient (Wildman–Crippen LogP) is 2.40. The summed E-state index contributed by atoms with van der Waals surface area (Å²) in [5, 5.41) is 5.66. The van der Waals surface area contributed by atoms with Crippen LogP contribution in [-0.4, -0.2) is 25.1 Å². The minimum absolute atomic E-state index is 0.185. The van der Waals surface area contributed by atoms with Crippen molar-refractivity contribution in [1.29, 1.82) is 0 Å². The molecule has 1 aromatic heterocycles. The van der Waals surface area contributed by atoms with E-state index in [1.54, 1.807) is 32.4 Å². The van der Waals surface area contributed by atoms with Gasteiger partial charge in [-0.25, -0.2) is 4.98 Å². The van der Waals surface area contributed by atoms with Crippen molar-refractivity contribution >= 4 is 17.2 Å². The molecule has 1 amide bonds. The molecule has 106 valence electrons. The third-order valence-corrected chi connectivity index (χ3v) is 3.65. The Morgan fingerprint density at radius 3 is 2.40 bits per heavy atom. The van der Waals surface area contributed by atoms with Gasteiger partial charge in [-0.2, -0.15) is 0 Å². The first-order chi connectivity index (χ1) is 9.62. The number of carbonyl (C=O) groups excluding carboxylic acids is 1. The molecule has 5 nitrogen and oxygen atoms in total. The molecule has 0 aliphatic carbocycles. The molecule has 6 heteroatoms. The molecule has 0 bridgehead atoms. The summed E-state index contributed by atoms with van der Waals surface area (Å²) in [6.45, 7) is 2.34. The van der Waals surface area contributed by atoms with E-state index >= 15 is 0 Å². The molecule has 0 aliphatic rings. The van der Waals surface area contributed by atoms with Crippen LogP contribution >= 0.6 is 11.3 Å². The van der Waals surface area contributed by atoms with Crippen LogP contribution in [-0.2, 0) is 6.54 Å². The Labute approximate surface area is 121 Å². The zero-order chi connectivity index (χ0) is 14.5. The molecule has 2 aromatic rings. The molecule has 0 saturated heterocycles. The van der Waals surface area contributed by atoms with Crippen LogP contribution in [0.2, 0.25) is 0 Å². The van der Waals surface area contributed by atoms with Crippen molar-refractivity contribution in [3.63, 3.8) is 0 Å². The van der Waals surface area contributed by atoms with Crippen LogP contribution < -0.4 is 14.8 Å². The van der Waals surface area contributed by atoms with Crippen molar-refractivity contribution in [2.24, 2.45) is 0 Å². The van der Waals surface area contributed by atoms with Crippen LogP contribution in [0, 0.1) is 6.92 Å². The molecular formula is C14H16N2O3S. The zero-order valence-corrected chi connectivity index (χ0v) is 12.4. The molecule has 0 radical (unpaired) electrons. The van der Waals surface area contributed by atoms with E-state index in [1.165, 1.54) is 11.3 Å². The average molecular weight is 292 g/mol. The fourth-order valence-electron chi connectivity index (χ4n) is 1.68. The second-order valence-corrected chi connectivity index (χ2v) is 5.11. The van der Waals surface area contributed by atoms with Gasteiger partial charge < -0.3 is 14.8 Å². The Balaban J connectivity index is 2.08. The van der Waals surface area contributed by atoms with E-state index < -0.39 is 0 Å². The van der Waals surface area contributed by atoms with Gasteiger partial charge in [-0.1, -0.05) is 0 Å². The number of rotatable bonds is 5. The Hall–Kier alpha value is -2.08. The van der Waals surface area contributed by atoms with Gasteiger partial charge in [0.2, 0.25) is 0 Å². The summed E-state index contributed by atoms with van der Waals surface area (Å²) in [5.41, 5.74) is 1.46. The monoisotopic (exact) mass is 292 g/mol. The van der Waals surface area contributed by atoms with E-state index in [0.717, 1.165) is 10.7 Å². The number of nitrogens with one attached hydrogen (secondary N) is 1. The highest BCUT2D eigenvalue weighted by atomic mass is 32.1. The summed E-state index contributed by atoms with van der Waals surface area (Å²) >= 11 is 1.53. The van der Waals surface area contributed by atoms with Crippen molar-refractivity contribution in [3.8, 4) is 11.5 Å². The quantitative estimate of drug-likeness (QED) is 0.919. The molecule has 1 heterocycles. The van der Waals surface area contributed by atoms with Crippen molar-refractivity contribution < 1.29 is 14.3 Å². The topological polar surface area (TPSA) is 60.5 Å². The van der Waals surface area contributed by atoms with E-state index in [0.29, 0.717) is 23.6 Å². The van der Waals surface area contributed by atoms with Gasteiger partial charge in [-0.05, 0) is 19.1 Å². The summed E-state index contributed by atoms with van der Waals surface area (Å²) < 4.78 is 10.3. The molecule has 0 saturated carbocycles. The summed E-state index contributed by atoms with van der Waals surface area (Å²) in [7, 11) is 3.10. The van der Waals surface area contributed by atoms with Gasteiger partial charge in [0.25, 0.3) is 5.91 Å². The van der Waals surface area contributed by atoms with Crippen LogP contribution in [0.5, 0.6) is 11.5 Å². The standard InChI is InChI=1S/C14H16N2O3S/c1-9-8-20-13(16-9)7-15-14(17)10-4-11(18-2)6-12(5-10)19-3/h4-6,8H,7H2,1-3H3,(H,15,17). The third-order valence-electron chi connectivity index (χ3n) is 2.68. The highest BCUT2D eigenvalue weighted by Crippen LogP contribution is 2.22. The number of thiazole rings is 1. The Morgan fingerprint density at radius 1 is 1.25 bits per heavy atom. The minimum atomic E-state index is -0.185. The summed E-state index contributed by atoms with van der Waals surface area (Å²) in [4.78, 5) is 16.4. The minimum Gasteiger partial charge on any atom is -0.497 e. The van der Waals surface area contributed by atoms with E-state index in [2.05, 4.69) is 10.3 Å². The molecule has 0 spiro atoms. The zero-order valence-electron chi connectivity index (χ0n) is 11.6. The molecule has 0 unspecified atom stereocenters. The normalized spacial score (nSPS) is 10.2. The van der Waals surface area contributed by atoms with Gasteiger partial charge in [0.15, 0.2) is 0 Å². The van der Waals surface area contributed by atoms with Gasteiger partial charge in [0.1, 0.15) is 16.5 Å². The smallest absolute Gasteiger partial charge is 0.251 e. The maximum atomic E-state index is 12.1. The van der Waals surface area contributed by atoms with E-state index in [1.807, 2.05) is 12.3 Å². The fourth-order valence-corrected chi connectivity index (χ4v) is 2.39. The lowest BCUT2D eigenvalue weighted by Crippen LogP contribution is -2.22. The van der Waals surface area contributed by atoms with Crippen LogP contribution in [0.3, 0.4) is 0 Å². The maximum Gasteiger partial charge on any atom is 0.251 e. The van der Waals surface area contributed by atoms with Gasteiger partial charge in [0.05, 0.1) is 20.8 Å². The maximum absolute atomic E-state index is 12.1. The number of benzene rings is 1. The number of methoxy groups -OCH3 is 2. The van der Waals surface area contributed by atoms with E-state index in [-0.39, 0.29) is 5.91 Å². The van der Waals surface area contributed by atoms with Gasteiger partial charge >= 0.3 is 0 Å². The highest BCUT2D eigenvalue weighted by Gasteiger charge is 2.10. The number of carbonyl (C=O) groups is 1. The number of aromatic nitrogens is 1. The SMILES string of the molecule is COc1cc(OC)cc(C(=O)NCc2nc(C)cs2)c1. The summed E-state index contributed by atoms with van der Waals surface area (Å²) in [5.74, 6) is 0.981. The molecule has 0 aliphatic heterocycles. The van der Waals surface area contributed by atoms with Crippen molar-refractivity contribution in [2.75, 3.05) is 14.2 Å². The first kappa shape index (κ1) is 14.3. The lowest BCUT2D eigenvalue weighted by atomic mass is 10.2. The number of nitrogens with zero attached hydrogens (tertiary/aromatic N) is 1. The highest BCUT2D eigenvalue weighted by molar-refractivity contribution is 7.09. The summed E-state index contributed by atoms with van der Waals surface area (Å²) in [6.07, 6.45) is 0. The first-order valence-electron chi connectivity index (χ1n) is 6.04. The molecule has 0 fully saturated rings. The molecule has 1 N–H and O–H groups in total. The Morgan fingerprint density at radius 2 is 1.90 bits per heavy atom. The fraction of sp³-hybridized carbons (Fsp3) is 0.286. The lowest BCUT2D eigenvalue weighted by Gasteiger charge is -2.08. The molecule has 0 atom stereocenters. The van der Waals surface area contributed by atoms with Crippen molar-refractivity contribution in [2.45, 2.75) is 13.5 Å². The number of hydrogen-bond donors (Lipinski definition) is 1. The number of aryl methyl sites for hydroxylation is 1. The second-order valence-electron chi connectivity index (χ2n) is 4.17. The van der Waals surface area contributed by atoms with Gasteiger partial charge in [-0.15, -0.1) is 11.3 Å². The van der Waals surface area contributed by atoms with Crippen LogP contribution in [0.1, 0.15) is 21.1 Å². The predicted molar refractivity (Wildman–Crippen MR) is 77.6 cm³/mol. The number of hydrogen-bond acceptors (Lipinski definition) is 5. The van der Waals surface area contributed by atoms with Crippen molar-refractivity contribution in [3.05, 3.63) is 39.8 Å². The van der Waals surface area contributed by atoms with Crippen LogP contribution in [0.4, 0.5) is 0 Å². The first-order valence-corrected chi connectivity index (χ1v) is 6.92. The van der Waals surface area contributed by atoms with E-state index in [4.69, 9.17) is 9.47 Å². The van der Waals surface area contributed by atoms with Crippen LogP contribution in [0.25, 0.3) is 0 Å². The average Bonchev–Trinajstić information content (AvgIpc) is 2.89. The van der Waals surface area contributed by atoms with Crippen molar-refractivity contribution in [1.82, 2.24) is 10.3 Å². The Bertz CT molecular complexity index is 588. The largest absolute Gasteiger partial charge is 0.497 e. The second kappa shape index (κ2) is 6.38. The van der Waals surface area contributed by atoms with E-state index in [9.17, 15) is 4.79 Å². The molecule has 1 aromatic carbocycles. The number of amides is 1. The number of ether oxygens (including phenoxy) is 2. The Kier molecular flexibility index (Phi) is 4.57. The molecular weight excluding hydrogens is 276 g/mol. The van der Waals surface area contributed by atoms with Gasteiger partial charge in [-0.3, -0.25) is 4.79 Å². The summed E-state index contributed by atoms with van der Waals surface area (Å²) in [6, 6.07) is 5.07. The third kappa shape index (κ3) is 3.48. The van der Waals surface area contributed by atoms with Gasteiger partial charge in [0, 0.05) is 22.7 Å². The molecule has 20 heavy (non-hydrogen) atoms.